The predicted molar refractivity (Wildman–Crippen MR) is 94.5 cm³/mol. The number of nitrogens with one attached hydrogen (secondary N) is 2. The number of aromatic nitrogens is 2. The van der Waals surface area contributed by atoms with Crippen molar-refractivity contribution in [2.45, 2.75) is 57.5 Å². The van der Waals surface area contributed by atoms with E-state index in [0.717, 1.165) is 29.8 Å². The lowest BCUT2D eigenvalue weighted by Gasteiger charge is -2.30. The topological polar surface area (TPSA) is 53.1 Å². The van der Waals surface area contributed by atoms with Gasteiger partial charge in [0.1, 0.15) is 11.6 Å². The van der Waals surface area contributed by atoms with Gasteiger partial charge in [-0.25, -0.2) is 9.97 Å². The van der Waals surface area contributed by atoms with Crippen molar-refractivity contribution in [3.63, 3.8) is 0 Å². The minimum absolute atomic E-state index is 0.404. The van der Waals surface area contributed by atoms with Gasteiger partial charge in [0.2, 0.25) is 0 Å². The first-order valence-corrected chi connectivity index (χ1v) is 9.24. The standard InChI is InChI=1S/C18H31N5/c1-19-12-15-11-17(20-2)22-18(21-15)16-9-6-10-23(16)13-14-7-4-3-5-8-14/h11,14,16,19H,3-10,12-13H2,1-2H3,(H,20,21,22)/t16-/m0/s1. The summed E-state index contributed by atoms with van der Waals surface area (Å²) in [4.78, 5) is 12.3. The molecule has 23 heavy (non-hydrogen) atoms. The van der Waals surface area contributed by atoms with E-state index in [1.165, 1.54) is 58.0 Å². The number of anilines is 1. The first-order chi connectivity index (χ1) is 11.3. The van der Waals surface area contributed by atoms with Crippen molar-refractivity contribution in [2.24, 2.45) is 5.92 Å². The molecule has 1 saturated carbocycles. The summed E-state index contributed by atoms with van der Waals surface area (Å²) in [5.41, 5.74) is 1.08. The van der Waals surface area contributed by atoms with Gasteiger partial charge in [-0.15, -0.1) is 0 Å². The van der Waals surface area contributed by atoms with Crippen LogP contribution in [0.4, 0.5) is 5.82 Å². The molecule has 1 aliphatic heterocycles. The molecular weight excluding hydrogens is 286 g/mol. The molecule has 1 aromatic heterocycles. The SMILES string of the molecule is CNCc1cc(NC)nc([C@@H]2CCCN2CC2CCCCC2)n1. The van der Waals surface area contributed by atoms with Crippen LogP contribution in [0.1, 0.15) is 62.5 Å². The molecule has 5 heteroatoms. The third kappa shape index (κ3) is 4.21. The van der Waals surface area contributed by atoms with Crippen LogP contribution in [0.25, 0.3) is 0 Å². The molecule has 0 spiro atoms. The molecule has 128 valence electrons. The van der Waals surface area contributed by atoms with E-state index in [9.17, 15) is 0 Å². The molecule has 2 heterocycles. The lowest BCUT2D eigenvalue weighted by atomic mass is 9.89. The van der Waals surface area contributed by atoms with Gasteiger partial charge in [-0.05, 0) is 45.2 Å². The van der Waals surface area contributed by atoms with E-state index < -0.39 is 0 Å². The second-order valence-electron chi connectivity index (χ2n) is 7.04. The summed E-state index contributed by atoms with van der Waals surface area (Å²) in [5.74, 6) is 2.83. The van der Waals surface area contributed by atoms with Crippen LogP contribution in [0.15, 0.2) is 6.07 Å². The van der Waals surface area contributed by atoms with Gasteiger partial charge in [-0.2, -0.15) is 0 Å². The highest BCUT2D eigenvalue weighted by atomic mass is 15.2. The maximum atomic E-state index is 4.84. The van der Waals surface area contributed by atoms with Crippen LogP contribution in [-0.2, 0) is 6.54 Å². The molecule has 0 unspecified atom stereocenters. The summed E-state index contributed by atoms with van der Waals surface area (Å²) >= 11 is 0. The molecule has 1 aromatic rings. The van der Waals surface area contributed by atoms with Crippen molar-refractivity contribution >= 4 is 5.82 Å². The van der Waals surface area contributed by atoms with Crippen molar-refractivity contribution in [1.82, 2.24) is 20.2 Å². The Bertz CT molecular complexity index is 498. The number of likely N-dealkylation sites (tertiary alicyclic amines) is 1. The Labute approximate surface area is 140 Å². The van der Waals surface area contributed by atoms with E-state index in [4.69, 9.17) is 9.97 Å². The lowest BCUT2D eigenvalue weighted by molar-refractivity contribution is 0.183. The summed E-state index contributed by atoms with van der Waals surface area (Å²) in [6.07, 6.45) is 9.55. The first-order valence-electron chi connectivity index (χ1n) is 9.24. The van der Waals surface area contributed by atoms with E-state index in [1.807, 2.05) is 20.2 Å². The third-order valence-electron chi connectivity index (χ3n) is 5.29. The maximum absolute atomic E-state index is 4.84. The van der Waals surface area contributed by atoms with E-state index >= 15 is 0 Å². The van der Waals surface area contributed by atoms with Crippen LogP contribution in [0.3, 0.4) is 0 Å². The van der Waals surface area contributed by atoms with E-state index in [0.29, 0.717) is 6.04 Å². The molecule has 1 aliphatic carbocycles. The highest BCUT2D eigenvalue weighted by Crippen LogP contribution is 2.34. The second kappa shape index (κ2) is 8.06. The molecule has 0 amide bonds. The average Bonchev–Trinajstić information content (AvgIpc) is 3.04. The molecule has 0 aromatic carbocycles. The van der Waals surface area contributed by atoms with Crippen LogP contribution in [-0.4, -0.2) is 42.1 Å². The summed E-state index contributed by atoms with van der Waals surface area (Å²) in [5, 5.41) is 6.39. The smallest absolute Gasteiger partial charge is 0.148 e. The Morgan fingerprint density at radius 3 is 2.65 bits per heavy atom. The Balaban J connectivity index is 1.74. The molecule has 1 saturated heterocycles. The monoisotopic (exact) mass is 317 g/mol. The van der Waals surface area contributed by atoms with E-state index in [-0.39, 0.29) is 0 Å². The molecule has 2 N–H and O–H groups in total. The molecule has 2 fully saturated rings. The van der Waals surface area contributed by atoms with E-state index in [1.54, 1.807) is 0 Å². The fourth-order valence-electron chi connectivity index (χ4n) is 4.11. The zero-order valence-corrected chi connectivity index (χ0v) is 14.6. The van der Waals surface area contributed by atoms with Gasteiger partial charge in [0.25, 0.3) is 0 Å². The molecule has 2 aliphatic rings. The summed E-state index contributed by atoms with van der Waals surface area (Å²) in [6, 6.07) is 2.45. The van der Waals surface area contributed by atoms with Crippen LogP contribution in [0.5, 0.6) is 0 Å². The van der Waals surface area contributed by atoms with Crippen LogP contribution in [0, 0.1) is 5.92 Å². The zero-order chi connectivity index (χ0) is 16.1. The molecule has 1 atom stereocenters. The van der Waals surface area contributed by atoms with Gasteiger partial charge in [0, 0.05) is 26.2 Å². The number of rotatable bonds is 6. The van der Waals surface area contributed by atoms with Crippen LogP contribution < -0.4 is 10.6 Å². The van der Waals surface area contributed by atoms with Crippen molar-refractivity contribution in [3.8, 4) is 0 Å². The largest absolute Gasteiger partial charge is 0.373 e. The Hall–Kier alpha value is -1.20. The molecule has 5 nitrogen and oxygen atoms in total. The van der Waals surface area contributed by atoms with E-state index in [2.05, 4.69) is 15.5 Å². The number of hydrogen-bond acceptors (Lipinski definition) is 5. The number of nitrogens with zero attached hydrogens (tertiary/aromatic N) is 3. The normalized spacial score (nSPS) is 23.3. The van der Waals surface area contributed by atoms with Crippen molar-refractivity contribution in [2.75, 3.05) is 32.5 Å². The fraction of sp³-hybridized carbons (Fsp3) is 0.778. The highest BCUT2D eigenvalue weighted by Gasteiger charge is 2.30. The predicted octanol–water partition coefficient (Wildman–Crippen LogP) is 2.95. The Morgan fingerprint density at radius 2 is 1.91 bits per heavy atom. The molecule has 0 bridgehead atoms. The lowest BCUT2D eigenvalue weighted by Crippen LogP contribution is -2.31. The van der Waals surface area contributed by atoms with Crippen LogP contribution >= 0.6 is 0 Å². The first kappa shape index (κ1) is 16.7. The van der Waals surface area contributed by atoms with Gasteiger partial charge in [-0.1, -0.05) is 19.3 Å². The third-order valence-corrected chi connectivity index (χ3v) is 5.29. The van der Waals surface area contributed by atoms with Gasteiger partial charge in [0.05, 0.1) is 11.7 Å². The highest BCUT2D eigenvalue weighted by molar-refractivity contribution is 5.35. The van der Waals surface area contributed by atoms with Gasteiger partial charge >= 0.3 is 0 Å². The van der Waals surface area contributed by atoms with Gasteiger partial charge in [0.15, 0.2) is 0 Å². The zero-order valence-electron chi connectivity index (χ0n) is 14.6. The Morgan fingerprint density at radius 1 is 1.09 bits per heavy atom. The second-order valence-corrected chi connectivity index (χ2v) is 7.04. The number of hydrogen-bond donors (Lipinski definition) is 2. The average molecular weight is 317 g/mol. The van der Waals surface area contributed by atoms with Crippen molar-refractivity contribution in [3.05, 3.63) is 17.6 Å². The summed E-state index contributed by atoms with van der Waals surface area (Å²) in [7, 11) is 3.90. The van der Waals surface area contributed by atoms with Crippen LogP contribution in [0.2, 0.25) is 0 Å². The Kier molecular flexibility index (Phi) is 5.84. The molecular formula is C18H31N5. The van der Waals surface area contributed by atoms with Gasteiger partial charge in [-0.3, -0.25) is 4.90 Å². The molecule has 3 rings (SSSR count). The van der Waals surface area contributed by atoms with Crippen molar-refractivity contribution in [1.29, 1.82) is 0 Å². The quantitative estimate of drug-likeness (QED) is 0.845. The fourth-order valence-corrected chi connectivity index (χ4v) is 4.11. The minimum Gasteiger partial charge on any atom is -0.373 e. The van der Waals surface area contributed by atoms with Crippen molar-refractivity contribution < 1.29 is 0 Å². The molecule has 0 radical (unpaired) electrons. The maximum Gasteiger partial charge on any atom is 0.148 e. The summed E-state index contributed by atoms with van der Waals surface area (Å²) < 4.78 is 0. The van der Waals surface area contributed by atoms with Gasteiger partial charge < -0.3 is 10.6 Å². The minimum atomic E-state index is 0.404. The summed E-state index contributed by atoms with van der Waals surface area (Å²) in [6.45, 7) is 3.23.